The van der Waals surface area contributed by atoms with Crippen LogP contribution in [0.4, 0.5) is 0 Å². The number of hydrogen-bond donors (Lipinski definition) is 2. The number of pyridine rings is 1. The van der Waals surface area contributed by atoms with Crippen LogP contribution in [-0.4, -0.2) is 70.6 Å². The number of aromatic nitrogens is 3. The summed E-state index contributed by atoms with van der Waals surface area (Å²) >= 11 is 0. The van der Waals surface area contributed by atoms with E-state index in [2.05, 4.69) is 99.6 Å². The number of aromatic amines is 1. The summed E-state index contributed by atoms with van der Waals surface area (Å²) in [6.07, 6.45) is 12.4. The normalized spacial score (nSPS) is 11.8. The highest BCUT2D eigenvalue weighted by Crippen LogP contribution is 2.25. The molecule has 230 valence electrons. The van der Waals surface area contributed by atoms with Crippen molar-refractivity contribution in [1.82, 2.24) is 30.1 Å². The molecule has 2 N–H and O–H groups in total. The van der Waals surface area contributed by atoms with Crippen molar-refractivity contribution in [2.75, 3.05) is 33.7 Å². The number of benzene rings is 2. The van der Waals surface area contributed by atoms with Crippen LogP contribution in [0.3, 0.4) is 0 Å². The van der Waals surface area contributed by atoms with Gasteiger partial charge in [-0.05, 0) is 66.7 Å². The van der Waals surface area contributed by atoms with E-state index in [1.807, 2.05) is 48.9 Å². The van der Waals surface area contributed by atoms with E-state index in [0.717, 1.165) is 71.0 Å². The Morgan fingerprint density at radius 3 is 2.32 bits per heavy atom. The van der Waals surface area contributed by atoms with E-state index in [1.54, 1.807) is 6.20 Å². The number of nitrogens with one attached hydrogen (secondary N) is 2. The molecule has 4 rings (SSSR count). The first-order valence-electron chi connectivity index (χ1n) is 15.5. The zero-order valence-corrected chi connectivity index (χ0v) is 26.5. The number of nitrogens with zero attached hydrogens (tertiary/aromatic N) is 5. The molecule has 0 spiro atoms. The molecule has 0 fully saturated rings. The van der Waals surface area contributed by atoms with Crippen molar-refractivity contribution in [2.24, 2.45) is 4.99 Å². The van der Waals surface area contributed by atoms with E-state index in [0.29, 0.717) is 25.9 Å². The summed E-state index contributed by atoms with van der Waals surface area (Å²) < 4.78 is 0. The van der Waals surface area contributed by atoms with E-state index in [1.165, 1.54) is 0 Å². The maximum absolute atomic E-state index is 13.0. The Morgan fingerprint density at radius 2 is 1.66 bits per heavy atom. The van der Waals surface area contributed by atoms with Crippen LogP contribution in [0.5, 0.6) is 0 Å². The van der Waals surface area contributed by atoms with E-state index in [9.17, 15) is 4.79 Å². The smallest absolute Gasteiger partial charge is 0.223 e. The van der Waals surface area contributed by atoms with Gasteiger partial charge in [0.1, 0.15) is 5.82 Å². The first-order valence-corrected chi connectivity index (χ1v) is 15.5. The Labute approximate surface area is 262 Å². The fraction of sp³-hybridized carbons (Fsp3) is 0.333. The average molecular weight is 592 g/mol. The first-order chi connectivity index (χ1) is 21.5. The number of carbonyl (C=O) groups excluding carboxylic acids is 1. The number of imidazole rings is 1. The molecule has 0 atom stereocenters. The van der Waals surface area contributed by atoms with Crippen LogP contribution in [0, 0.1) is 0 Å². The average Bonchev–Trinajstić information content (AvgIpc) is 3.53. The van der Waals surface area contributed by atoms with Crippen LogP contribution in [-0.2, 0) is 17.8 Å². The monoisotopic (exact) mass is 591 g/mol. The largest absolute Gasteiger partial charge is 0.386 e. The maximum Gasteiger partial charge on any atom is 0.223 e. The zero-order valence-electron chi connectivity index (χ0n) is 26.5. The molecule has 0 unspecified atom stereocenters. The number of aryl methyl sites for hydroxylation is 1. The van der Waals surface area contributed by atoms with Gasteiger partial charge in [-0.15, -0.1) is 0 Å². The molecule has 2 aromatic carbocycles. The summed E-state index contributed by atoms with van der Waals surface area (Å²) in [5.41, 5.74) is 7.41. The van der Waals surface area contributed by atoms with Crippen molar-refractivity contribution in [3.05, 3.63) is 102 Å². The van der Waals surface area contributed by atoms with Gasteiger partial charge < -0.3 is 20.1 Å². The highest BCUT2D eigenvalue weighted by atomic mass is 16.2. The van der Waals surface area contributed by atoms with Gasteiger partial charge in [-0.3, -0.25) is 14.8 Å². The zero-order chi connectivity index (χ0) is 31.1. The number of carbonyl (C=O) groups is 1. The minimum Gasteiger partial charge on any atom is -0.386 e. The number of rotatable bonds is 16. The van der Waals surface area contributed by atoms with Crippen molar-refractivity contribution in [3.63, 3.8) is 0 Å². The van der Waals surface area contributed by atoms with Gasteiger partial charge in [0.05, 0.1) is 30.3 Å². The molecule has 1 amide bonds. The maximum atomic E-state index is 13.0. The molecular weight excluding hydrogens is 546 g/mol. The molecule has 0 saturated heterocycles. The highest BCUT2D eigenvalue weighted by Gasteiger charge is 2.15. The Hall–Kier alpha value is -4.56. The molecule has 8 nitrogen and oxygen atoms in total. The number of amides is 1. The van der Waals surface area contributed by atoms with Gasteiger partial charge in [-0.25, -0.2) is 4.98 Å². The van der Waals surface area contributed by atoms with Crippen molar-refractivity contribution in [2.45, 2.75) is 46.1 Å². The lowest BCUT2D eigenvalue weighted by molar-refractivity contribution is -0.131. The topological polar surface area (TPSA) is 89.5 Å². The molecule has 0 radical (unpaired) electrons. The second kappa shape index (κ2) is 16.9. The summed E-state index contributed by atoms with van der Waals surface area (Å²) in [5.74, 6) is 0.915. The van der Waals surface area contributed by atoms with Crippen LogP contribution >= 0.6 is 0 Å². The standard InChI is InChI=1S/C36H45N7O/c1-5-21-42(4)23-20-39-25-33(37-3)31-14-10-29(11-15-31)30-12-16-32(17-13-30)34-26-40-35(41-34)27-43(22-6-2)36(44)18-9-28-8-7-19-38-24-28/h7-8,10-17,19-20,24-26,37H,5-6,9,18,21-23,27H2,1-4H3,(H,40,41)/b33-25-,39-20?. The number of H-pyrrole nitrogens is 1. The lowest BCUT2D eigenvalue weighted by Crippen LogP contribution is -2.31. The molecule has 0 bridgehead atoms. The predicted octanol–water partition coefficient (Wildman–Crippen LogP) is 6.44. The second-order valence-corrected chi connectivity index (χ2v) is 11.0. The van der Waals surface area contributed by atoms with Gasteiger partial charge in [-0.2, -0.15) is 0 Å². The Morgan fingerprint density at radius 1 is 0.955 bits per heavy atom. The summed E-state index contributed by atoms with van der Waals surface area (Å²) in [7, 11) is 4.02. The lowest BCUT2D eigenvalue weighted by Gasteiger charge is -2.21. The predicted molar refractivity (Wildman–Crippen MR) is 181 cm³/mol. The molecule has 0 aliphatic rings. The van der Waals surface area contributed by atoms with E-state index in [4.69, 9.17) is 0 Å². The van der Waals surface area contributed by atoms with Crippen molar-refractivity contribution < 1.29 is 4.79 Å². The SMILES string of the molecule is CCCN(C)CC=N/C=C(\NC)c1ccc(-c2ccc(-c3cnc(CN(CCC)C(=O)CCc4cccnc4)[nH]3)cc2)cc1. The van der Waals surface area contributed by atoms with Gasteiger partial charge in [0, 0.05) is 45.2 Å². The number of aliphatic imine (C=N–C) groups is 1. The molecular formula is C36H45N7O. The minimum absolute atomic E-state index is 0.129. The fourth-order valence-corrected chi connectivity index (χ4v) is 5.04. The van der Waals surface area contributed by atoms with E-state index >= 15 is 0 Å². The Balaban J connectivity index is 1.36. The quantitative estimate of drug-likeness (QED) is 0.146. The third-order valence-corrected chi connectivity index (χ3v) is 7.47. The van der Waals surface area contributed by atoms with E-state index < -0.39 is 0 Å². The van der Waals surface area contributed by atoms with E-state index in [-0.39, 0.29) is 5.91 Å². The second-order valence-electron chi connectivity index (χ2n) is 11.0. The molecule has 8 heteroatoms. The van der Waals surface area contributed by atoms with Crippen LogP contribution in [0.25, 0.3) is 28.1 Å². The van der Waals surface area contributed by atoms with Crippen molar-refractivity contribution in [3.8, 4) is 22.4 Å². The molecule has 2 aromatic heterocycles. The first kappa shape index (κ1) is 32.4. The lowest BCUT2D eigenvalue weighted by atomic mass is 10.0. The summed E-state index contributed by atoms with van der Waals surface area (Å²) in [6, 6.07) is 20.9. The van der Waals surface area contributed by atoms with Gasteiger partial charge in [0.25, 0.3) is 0 Å². The summed E-state index contributed by atoms with van der Waals surface area (Å²) in [4.78, 5) is 33.8. The van der Waals surface area contributed by atoms with Crippen LogP contribution in [0.2, 0.25) is 0 Å². The molecule has 0 aliphatic carbocycles. The van der Waals surface area contributed by atoms with Gasteiger partial charge in [0.2, 0.25) is 5.91 Å². The van der Waals surface area contributed by atoms with Gasteiger partial charge in [0.15, 0.2) is 0 Å². The molecule has 4 aromatic rings. The molecule has 2 heterocycles. The summed E-state index contributed by atoms with van der Waals surface area (Å²) in [5, 5.41) is 3.26. The van der Waals surface area contributed by atoms with Crippen molar-refractivity contribution in [1.29, 1.82) is 0 Å². The highest BCUT2D eigenvalue weighted by molar-refractivity contribution is 5.76. The third-order valence-electron chi connectivity index (χ3n) is 7.47. The fourth-order valence-electron chi connectivity index (χ4n) is 5.04. The Kier molecular flexibility index (Phi) is 12.4. The van der Waals surface area contributed by atoms with Crippen molar-refractivity contribution >= 4 is 17.8 Å². The minimum atomic E-state index is 0.129. The third kappa shape index (κ3) is 9.47. The van der Waals surface area contributed by atoms with Crippen LogP contribution in [0.15, 0.2) is 90.4 Å². The van der Waals surface area contributed by atoms with Crippen LogP contribution in [0.1, 0.15) is 50.1 Å². The molecule has 0 aliphatic heterocycles. The van der Waals surface area contributed by atoms with Gasteiger partial charge >= 0.3 is 0 Å². The molecule has 44 heavy (non-hydrogen) atoms. The van der Waals surface area contributed by atoms with Gasteiger partial charge in [-0.1, -0.05) is 68.4 Å². The van der Waals surface area contributed by atoms with Crippen LogP contribution < -0.4 is 5.32 Å². The number of hydrogen-bond acceptors (Lipinski definition) is 6. The Bertz CT molecular complexity index is 1490. The summed E-state index contributed by atoms with van der Waals surface area (Å²) in [6.45, 7) is 7.33. The molecule has 0 saturated carbocycles.